The minimum Gasteiger partial charge on any atom is -0.392 e. The smallest absolute Gasteiger partial charge is 0.245 e. The zero-order chi connectivity index (χ0) is 10.8. The number of rotatable bonds is 4. The van der Waals surface area contributed by atoms with Crippen LogP contribution in [-0.4, -0.2) is 36.4 Å². The Morgan fingerprint density at radius 2 is 2.43 bits per heavy atom. The van der Waals surface area contributed by atoms with Crippen molar-refractivity contribution in [2.75, 3.05) is 12.3 Å². The predicted octanol–water partition coefficient (Wildman–Crippen LogP) is -1.35. The lowest BCUT2D eigenvalue weighted by atomic mass is 10.4. The highest BCUT2D eigenvalue weighted by Crippen LogP contribution is 2.12. The van der Waals surface area contributed by atoms with Crippen LogP contribution in [0.4, 0.5) is 5.82 Å². The second-order valence-electron chi connectivity index (χ2n) is 2.85. The minimum absolute atomic E-state index is 0.0249. The third-order valence-electron chi connectivity index (χ3n) is 1.49. The maximum absolute atomic E-state index is 11.5. The second-order valence-corrected chi connectivity index (χ2v) is 4.58. The van der Waals surface area contributed by atoms with Crippen LogP contribution in [0.3, 0.4) is 0 Å². The number of nitrogen functional groups attached to an aromatic ring is 1. The minimum atomic E-state index is -3.67. The first kappa shape index (κ1) is 11.0. The lowest BCUT2D eigenvalue weighted by molar-refractivity contribution is 0.198. The summed E-state index contributed by atoms with van der Waals surface area (Å²) in [5, 5.41) is 14.7. The molecule has 0 spiro atoms. The summed E-state index contributed by atoms with van der Waals surface area (Å²) in [5.41, 5.74) is 5.33. The fourth-order valence-corrected chi connectivity index (χ4v) is 1.95. The maximum Gasteiger partial charge on any atom is 0.245 e. The van der Waals surface area contributed by atoms with Crippen molar-refractivity contribution in [3.63, 3.8) is 0 Å². The number of aromatic nitrogens is 2. The molecule has 1 heterocycles. The van der Waals surface area contributed by atoms with Crippen molar-refractivity contribution < 1.29 is 13.5 Å². The summed E-state index contributed by atoms with van der Waals surface area (Å²) in [7, 11) is -3.67. The Kier molecular flexibility index (Phi) is 3.09. The molecule has 0 aliphatic rings. The summed E-state index contributed by atoms with van der Waals surface area (Å²) in [6.07, 6.45) is 0.359. The van der Waals surface area contributed by atoms with Crippen LogP contribution in [0.2, 0.25) is 0 Å². The number of aliphatic hydroxyl groups excluding tert-OH is 1. The maximum atomic E-state index is 11.5. The summed E-state index contributed by atoms with van der Waals surface area (Å²) in [4.78, 5) is -0.113. The Bertz CT molecular complexity index is 397. The van der Waals surface area contributed by atoms with E-state index in [0.29, 0.717) is 0 Å². The molecule has 0 amide bonds. The van der Waals surface area contributed by atoms with Crippen molar-refractivity contribution in [2.45, 2.75) is 17.9 Å². The summed E-state index contributed by atoms with van der Waals surface area (Å²) >= 11 is 0. The zero-order valence-corrected chi connectivity index (χ0v) is 8.37. The first-order chi connectivity index (χ1) is 6.43. The van der Waals surface area contributed by atoms with Crippen LogP contribution in [0.15, 0.2) is 11.1 Å². The average Bonchev–Trinajstić information content (AvgIpc) is 2.48. The van der Waals surface area contributed by atoms with Gasteiger partial charge in [0.2, 0.25) is 10.0 Å². The van der Waals surface area contributed by atoms with Crippen LogP contribution in [0, 0.1) is 0 Å². The highest BCUT2D eigenvalue weighted by Gasteiger charge is 2.19. The fraction of sp³-hybridized carbons (Fsp3) is 0.500. The molecule has 5 N–H and O–H groups in total. The Morgan fingerprint density at radius 1 is 1.79 bits per heavy atom. The summed E-state index contributed by atoms with van der Waals surface area (Å²) < 4.78 is 25.1. The largest absolute Gasteiger partial charge is 0.392 e. The van der Waals surface area contributed by atoms with Crippen molar-refractivity contribution in [3.05, 3.63) is 6.20 Å². The highest BCUT2D eigenvalue weighted by atomic mass is 32.2. The van der Waals surface area contributed by atoms with E-state index in [-0.39, 0.29) is 17.3 Å². The second kappa shape index (κ2) is 3.95. The molecule has 0 radical (unpaired) electrons. The van der Waals surface area contributed by atoms with Crippen LogP contribution < -0.4 is 10.5 Å². The number of hydrogen-bond donors (Lipinski definition) is 4. The zero-order valence-electron chi connectivity index (χ0n) is 7.56. The van der Waals surface area contributed by atoms with E-state index in [1.807, 2.05) is 0 Å². The van der Waals surface area contributed by atoms with Crippen LogP contribution in [0.25, 0.3) is 0 Å². The highest BCUT2D eigenvalue weighted by molar-refractivity contribution is 7.89. The first-order valence-electron chi connectivity index (χ1n) is 3.90. The van der Waals surface area contributed by atoms with Crippen molar-refractivity contribution in [2.24, 2.45) is 0 Å². The molecule has 14 heavy (non-hydrogen) atoms. The van der Waals surface area contributed by atoms with Crippen LogP contribution >= 0.6 is 0 Å². The molecule has 0 aromatic carbocycles. The van der Waals surface area contributed by atoms with Gasteiger partial charge in [0.05, 0.1) is 12.3 Å². The molecule has 8 heteroatoms. The molecule has 1 aromatic heterocycles. The lowest BCUT2D eigenvalue weighted by Crippen LogP contribution is -2.30. The van der Waals surface area contributed by atoms with Crippen LogP contribution in [0.5, 0.6) is 0 Å². The SMILES string of the molecule is C[C@H](O)CNS(=O)(=O)c1cn[nH]c1N. The van der Waals surface area contributed by atoms with Crippen molar-refractivity contribution >= 4 is 15.8 Å². The van der Waals surface area contributed by atoms with E-state index in [9.17, 15) is 8.42 Å². The number of aromatic amines is 1. The summed E-state index contributed by atoms with van der Waals surface area (Å²) in [6, 6.07) is 0. The summed E-state index contributed by atoms with van der Waals surface area (Å²) in [6.45, 7) is 1.41. The molecule has 0 saturated heterocycles. The third-order valence-corrected chi connectivity index (χ3v) is 2.94. The van der Waals surface area contributed by atoms with Gasteiger partial charge in [-0.3, -0.25) is 5.10 Å². The van der Waals surface area contributed by atoms with Crippen LogP contribution in [-0.2, 0) is 10.0 Å². The van der Waals surface area contributed by atoms with Gasteiger partial charge in [0.1, 0.15) is 10.7 Å². The molecular formula is C6H12N4O3S. The average molecular weight is 220 g/mol. The van der Waals surface area contributed by atoms with Gasteiger partial charge in [-0.05, 0) is 6.92 Å². The van der Waals surface area contributed by atoms with Gasteiger partial charge in [-0.2, -0.15) is 5.10 Å². The third kappa shape index (κ3) is 2.44. The van der Waals surface area contributed by atoms with E-state index in [1.54, 1.807) is 0 Å². The Labute approximate surface area is 81.4 Å². The van der Waals surface area contributed by atoms with E-state index in [0.717, 1.165) is 6.20 Å². The molecule has 0 aliphatic heterocycles. The van der Waals surface area contributed by atoms with Gasteiger partial charge >= 0.3 is 0 Å². The molecular weight excluding hydrogens is 208 g/mol. The van der Waals surface area contributed by atoms with E-state index in [4.69, 9.17) is 10.8 Å². The number of hydrogen-bond acceptors (Lipinski definition) is 5. The molecule has 7 nitrogen and oxygen atoms in total. The van der Waals surface area contributed by atoms with E-state index in [1.165, 1.54) is 6.92 Å². The van der Waals surface area contributed by atoms with E-state index >= 15 is 0 Å². The number of nitrogens with two attached hydrogens (primary N) is 1. The number of H-pyrrole nitrogens is 1. The van der Waals surface area contributed by atoms with Gasteiger partial charge < -0.3 is 10.8 Å². The number of anilines is 1. The normalized spacial score (nSPS) is 14.1. The molecule has 0 unspecified atom stereocenters. The Balaban J connectivity index is 2.82. The monoisotopic (exact) mass is 220 g/mol. The van der Waals surface area contributed by atoms with Crippen molar-refractivity contribution in [3.8, 4) is 0 Å². The van der Waals surface area contributed by atoms with Gasteiger partial charge in [-0.1, -0.05) is 0 Å². The van der Waals surface area contributed by atoms with E-state index < -0.39 is 16.1 Å². The van der Waals surface area contributed by atoms with Gasteiger partial charge in [0.25, 0.3) is 0 Å². The Morgan fingerprint density at radius 3 is 2.86 bits per heavy atom. The number of sulfonamides is 1. The van der Waals surface area contributed by atoms with Gasteiger partial charge in [-0.15, -0.1) is 0 Å². The fourth-order valence-electron chi connectivity index (χ4n) is 0.807. The quantitative estimate of drug-likeness (QED) is 0.500. The molecule has 0 saturated carbocycles. The number of nitrogens with zero attached hydrogens (tertiary/aromatic N) is 1. The Hall–Kier alpha value is -1.12. The molecule has 0 fully saturated rings. The molecule has 0 bridgehead atoms. The topological polar surface area (TPSA) is 121 Å². The van der Waals surface area contributed by atoms with Gasteiger partial charge in [0.15, 0.2) is 0 Å². The lowest BCUT2D eigenvalue weighted by Gasteiger charge is -2.06. The van der Waals surface area contributed by atoms with Gasteiger partial charge in [-0.25, -0.2) is 13.1 Å². The molecule has 0 aliphatic carbocycles. The predicted molar refractivity (Wildman–Crippen MR) is 49.9 cm³/mol. The number of aliphatic hydroxyl groups is 1. The molecule has 1 atom stereocenters. The standard InChI is InChI=1S/C6H12N4O3S/c1-4(11)2-9-14(12,13)5-3-8-10-6(5)7/h3-4,9,11H,2H2,1H3,(H3,7,8,10)/t4-/m0/s1. The van der Waals surface area contributed by atoms with E-state index in [2.05, 4.69) is 14.9 Å². The molecule has 1 rings (SSSR count). The number of nitrogens with one attached hydrogen (secondary N) is 2. The van der Waals surface area contributed by atoms with Crippen molar-refractivity contribution in [1.82, 2.24) is 14.9 Å². The van der Waals surface area contributed by atoms with Gasteiger partial charge in [0, 0.05) is 6.54 Å². The summed E-state index contributed by atoms with van der Waals surface area (Å²) in [5.74, 6) is -0.0249. The molecule has 1 aromatic rings. The van der Waals surface area contributed by atoms with Crippen molar-refractivity contribution in [1.29, 1.82) is 0 Å². The first-order valence-corrected chi connectivity index (χ1v) is 5.38. The molecule has 80 valence electrons. The van der Waals surface area contributed by atoms with Crippen LogP contribution in [0.1, 0.15) is 6.92 Å².